The van der Waals surface area contributed by atoms with Crippen molar-refractivity contribution in [2.75, 3.05) is 12.4 Å². The predicted octanol–water partition coefficient (Wildman–Crippen LogP) is 0.829. The maximum absolute atomic E-state index is 12.2. The van der Waals surface area contributed by atoms with Gasteiger partial charge < -0.3 is 16.0 Å². The first-order valence-electron chi connectivity index (χ1n) is 6.77. The molecule has 1 saturated carbocycles. The zero-order valence-electron chi connectivity index (χ0n) is 12.0. The molecule has 3 N–H and O–H groups in total. The van der Waals surface area contributed by atoms with Gasteiger partial charge in [0.05, 0.1) is 11.3 Å². The summed E-state index contributed by atoms with van der Waals surface area (Å²) in [5.74, 6) is -0.452. The topological polar surface area (TPSA) is 83.1 Å². The van der Waals surface area contributed by atoms with Gasteiger partial charge in [0.25, 0.3) is 5.91 Å². The van der Waals surface area contributed by atoms with Crippen LogP contribution >= 0.6 is 0 Å². The summed E-state index contributed by atoms with van der Waals surface area (Å²) in [5.41, 5.74) is 1.96. The Labute approximate surface area is 118 Å². The van der Waals surface area contributed by atoms with Crippen LogP contribution in [-0.2, 0) is 4.79 Å². The molecule has 0 aromatic carbocycles. The minimum absolute atomic E-state index is 0.146. The highest BCUT2D eigenvalue weighted by atomic mass is 16.2. The number of hydrogen-bond donors (Lipinski definition) is 3. The van der Waals surface area contributed by atoms with E-state index in [0.29, 0.717) is 11.3 Å². The van der Waals surface area contributed by atoms with Gasteiger partial charge >= 0.3 is 0 Å². The second kappa shape index (κ2) is 5.90. The molecule has 1 aromatic rings. The number of nitrogens with one attached hydrogen (secondary N) is 3. The van der Waals surface area contributed by atoms with E-state index < -0.39 is 6.04 Å². The highest BCUT2D eigenvalue weighted by Gasteiger charge is 2.26. The zero-order chi connectivity index (χ0) is 14.7. The number of hydrogen-bond acceptors (Lipinski definition) is 4. The molecule has 2 rings (SSSR count). The molecule has 6 heteroatoms. The van der Waals surface area contributed by atoms with Gasteiger partial charge in [-0.1, -0.05) is 0 Å². The molecule has 2 amide bonds. The number of nitrogens with zero attached hydrogens (tertiary/aromatic N) is 1. The summed E-state index contributed by atoms with van der Waals surface area (Å²) >= 11 is 0. The van der Waals surface area contributed by atoms with Crippen molar-refractivity contribution >= 4 is 17.5 Å². The summed E-state index contributed by atoms with van der Waals surface area (Å²) in [4.78, 5) is 28.1. The fraction of sp³-hybridized carbons (Fsp3) is 0.500. The highest BCUT2D eigenvalue weighted by Crippen LogP contribution is 2.19. The van der Waals surface area contributed by atoms with Crippen molar-refractivity contribution in [2.45, 2.75) is 38.8 Å². The highest BCUT2D eigenvalue weighted by molar-refractivity contribution is 6.01. The molecule has 0 spiro atoms. The number of amides is 2. The van der Waals surface area contributed by atoms with E-state index >= 15 is 0 Å². The van der Waals surface area contributed by atoms with Gasteiger partial charge in [0.15, 0.2) is 0 Å². The maximum atomic E-state index is 12.2. The Morgan fingerprint density at radius 3 is 2.70 bits per heavy atom. The van der Waals surface area contributed by atoms with Crippen LogP contribution in [0.3, 0.4) is 0 Å². The third-order valence-corrected chi connectivity index (χ3v) is 3.22. The Morgan fingerprint density at radius 2 is 2.10 bits per heavy atom. The number of aryl methyl sites for hydroxylation is 1. The van der Waals surface area contributed by atoms with Gasteiger partial charge in [-0.15, -0.1) is 0 Å². The number of pyridine rings is 1. The largest absolute Gasteiger partial charge is 0.387 e. The Kier molecular flexibility index (Phi) is 4.22. The van der Waals surface area contributed by atoms with E-state index in [4.69, 9.17) is 0 Å². The lowest BCUT2D eigenvalue weighted by Crippen LogP contribution is -2.45. The molecule has 1 unspecified atom stereocenters. The molecular formula is C14H20N4O2. The van der Waals surface area contributed by atoms with Gasteiger partial charge in [-0.05, 0) is 32.8 Å². The molecule has 108 valence electrons. The first-order valence-corrected chi connectivity index (χ1v) is 6.77. The summed E-state index contributed by atoms with van der Waals surface area (Å²) in [7, 11) is 1.74. The van der Waals surface area contributed by atoms with E-state index in [-0.39, 0.29) is 17.9 Å². The van der Waals surface area contributed by atoms with Gasteiger partial charge in [0.2, 0.25) is 5.91 Å². The van der Waals surface area contributed by atoms with Gasteiger partial charge in [-0.25, -0.2) is 0 Å². The lowest BCUT2D eigenvalue weighted by molar-refractivity contribution is -0.122. The van der Waals surface area contributed by atoms with Gasteiger partial charge in [-0.2, -0.15) is 0 Å². The molecule has 0 aliphatic heterocycles. The van der Waals surface area contributed by atoms with Gasteiger partial charge in [0, 0.05) is 25.0 Å². The van der Waals surface area contributed by atoms with E-state index in [9.17, 15) is 9.59 Å². The molecule has 0 saturated heterocycles. The van der Waals surface area contributed by atoms with Crippen molar-refractivity contribution in [1.29, 1.82) is 0 Å². The molecule has 1 atom stereocenters. The summed E-state index contributed by atoms with van der Waals surface area (Å²) < 4.78 is 0. The van der Waals surface area contributed by atoms with Crippen molar-refractivity contribution in [3.63, 3.8) is 0 Å². The Morgan fingerprint density at radius 1 is 1.40 bits per heavy atom. The molecule has 0 bridgehead atoms. The lowest BCUT2D eigenvalue weighted by atomic mass is 10.2. The minimum atomic E-state index is -0.561. The van der Waals surface area contributed by atoms with E-state index in [0.717, 1.165) is 18.5 Å². The maximum Gasteiger partial charge on any atom is 0.255 e. The number of anilines is 1. The average molecular weight is 276 g/mol. The minimum Gasteiger partial charge on any atom is -0.387 e. The van der Waals surface area contributed by atoms with Crippen molar-refractivity contribution < 1.29 is 9.59 Å². The monoisotopic (exact) mass is 276 g/mol. The molecule has 1 heterocycles. The van der Waals surface area contributed by atoms with Crippen molar-refractivity contribution in [2.24, 2.45) is 0 Å². The smallest absolute Gasteiger partial charge is 0.255 e. The molecular weight excluding hydrogens is 256 g/mol. The predicted molar refractivity (Wildman–Crippen MR) is 76.6 cm³/mol. The molecule has 1 aliphatic rings. The van der Waals surface area contributed by atoms with E-state index in [1.165, 1.54) is 6.20 Å². The molecule has 0 radical (unpaired) electrons. The van der Waals surface area contributed by atoms with Crippen LogP contribution in [0.5, 0.6) is 0 Å². The van der Waals surface area contributed by atoms with Crippen LogP contribution in [-0.4, -0.2) is 35.9 Å². The Hall–Kier alpha value is -2.11. The summed E-state index contributed by atoms with van der Waals surface area (Å²) in [6.07, 6.45) is 3.57. The van der Waals surface area contributed by atoms with E-state index in [1.54, 1.807) is 20.0 Å². The lowest BCUT2D eigenvalue weighted by Gasteiger charge is -2.15. The van der Waals surface area contributed by atoms with Crippen LogP contribution in [0.25, 0.3) is 0 Å². The quantitative estimate of drug-likeness (QED) is 0.744. The van der Waals surface area contributed by atoms with Crippen LogP contribution in [0.15, 0.2) is 12.3 Å². The Bertz CT molecular complexity index is 526. The standard InChI is InChI=1S/C14H20N4O2/c1-8-6-12(15-3)11(7-16-8)14(20)17-9(2)13(19)18-10-4-5-10/h6-7,9-10H,4-5H2,1-3H3,(H,15,16)(H,17,20)(H,18,19). The fourth-order valence-electron chi connectivity index (χ4n) is 1.84. The second-order valence-corrected chi connectivity index (χ2v) is 5.10. The first-order chi connectivity index (χ1) is 9.51. The van der Waals surface area contributed by atoms with Gasteiger partial charge in [0.1, 0.15) is 6.04 Å². The fourth-order valence-corrected chi connectivity index (χ4v) is 1.84. The number of aromatic nitrogens is 1. The van der Waals surface area contributed by atoms with Crippen LogP contribution in [0.4, 0.5) is 5.69 Å². The normalized spacial score (nSPS) is 15.3. The molecule has 1 aromatic heterocycles. The van der Waals surface area contributed by atoms with E-state index in [1.807, 2.05) is 6.92 Å². The summed E-state index contributed by atoms with van der Waals surface area (Å²) in [6, 6.07) is 1.52. The molecule has 20 heavy (non-hydrogen) atoms. The average Bonchev–Trinajstić information content (AvgIpc) is 3.22. The molecule has 1 fully saturated rings. The van der Waals surface area contributed by atoms with Crippen LogP contribution in [0.1, 0.15) is 35.8 Å². The van der Waals surface area contributed by atoms with Gasteiger partial charge in [-0.3, -0.25) is 14.6 Å². The second-order valence-electron chi connectivity index (χ2n) is 5.10. The van der Waals surface area contributed by atoms with Crippen molar-refractivity contribution in [3.05, 3.63) is 23.5 Å². The van der Waals surface area contributed by atoms with Crippen molar-refractivity contribution in [3.8, 4) is 0 Å². The molecule has 1 aliphatic carbocycles. The van der Waals surface area contributed by atoms with Crippen LogP contribution in [0.2, 0.25) is 0 Å². The number of rotatable bonds is 5. The zero-order valence-corrected chi connectivity index (χ0v) is 12.0. The third-order valence-electron chi connectivity index (χ3n) is 3.22. The summed E-state index contributed by atoms with van der Waals surface area (Å²) in [6.45, 7) is 3.53. The molecule has 6 nitrogen and oxygen atoms in total. The van der Waals surface area contributed by atoms with Crippen LogP contribution < -0.4 is 16.0 Å². The van der Waals surface area contributed by atoms with Crippen molar-refractivity contribution in [1.82, 2.24) is 15.6 Å². The SMILES string of the molecule is CNc1cc(C)ncc1C(=O)NC(C)C(=O)NC1CC1. The number of carbonyl (C=O) groups excluding carboxylic acids is 2. The van der Waals surface area contributed by atoms with E-state index in [2.05, 4.69) is 20.9 Å². The Balaban J connectivity index is 2.01. The number of carbonyl (C=O) groups is 2. The van der Waals surface area contributed by atoms with Crippen LogP contribution in [0, 0.1) is 6.92 Å². The summed E-state index contributed by atoms with van der Waals surface area (Å²) in [5, 5.41) is 8.52. The first kappa shape index (κ1) is 14.3. The third kappa shape index (κ3) is 3.46.